The summed E-state index contributed by atoms with van der Waals surface area (Å²) in [7, 11) is 0. The van der Waals surface area contributed by atoms with Crippen molar-refractivity contribution < 1.29 is 9.59 Å². The van der Waals surface area contributed by atoms with E-state index in [4.69, 9.17) is 5.10 Å². The van der Waals surface area contributed by atoms with Crippen molar-refractivity contribution in [3.8, 4) is 11.3 Å². The van der Waals surface area contributed by atoms with Gasteiger partial charge in [-0.1, -0.05) is 60.7 Å². The van der Waals surface area contributed by atoms with Gasteiger partial charge in [-0.3, -0.25) is 14.3 Å². The zero-order valence-electron chi connectivity index (χ0n) is 19.8. The van der Waals surface area contributed by atoms with Crippen molar-refractivity contribution in [3.63, 3.8) is 0 Å². The van der Waals surface area contributed by atoms with Crippen molar-refractivity contribution in [2.45, 2.75) is 39.8 Å². The highest BCUT2D eigenvalue weighted by atomic mass is 16.2. The second-order valence-electron chi connectivity index (χ2n) is 8.97. The molecule has 0 saturated heterocycles. The van der Waals surface area contributed by atoms with Gasteiger partial charge in [0, 0.05) is 35.5 Å². The summed E-state index contributed by atoms with van der Waals surface area (Å²) < 4.78 is 1.89. The first-order valence-electron chi connectivity index (χ1n) is 11.2. The van der Waals surface area contributed by atoms with Crippen LogP contribution in [0.15, 0.2) is 72.9 Å². The van der Waals surface area contributed by atoms with Gasteiger partial charge in [-0.05, 0) is 39.3 Å². The predicted molar refractivity (Wildman–Crippen MR) is 132 cm³/mol. The fraction of sp³-hybridized carbons (Fsp3) is 0.296. The number of nitrogens with zero attached hydrogens (tertiary/aromatic N) is 3. The maximum Gasteiger partial charge on any atom is 0.247 e. The average molecular weight is 445 g/mol. The summed E-state index contributed by atoms with van der Waals surface area (Å²) in [5.74, 6) is -0.386. The Morgan fingerprint density at radius 3 is 2.27 bits per heavy atom. The van der Waals surface area contributed by atoms with E-state index in [0.29, 0.717) is 13.1 Å². The van der Waals surface area contributed by atoms with Gasteiger partial charge in [0.25, 0.3) is 0 Å². The van der Waals surface area contributed by atoms with Crippen molar-refractivity contribution in [2.24, 2.45) is 0 Å². The Hall–Kier alpha value is -3.67. The quantitative estimate of drug-likeness (QED) is 0.525. The lowest BCUT2D eigenvalue weighted by atomic mass is 10.1. The van der Waals surface area contributed by atoms with E-state index in [-0.39, 0.29) is 23.9 Å². The predicted octanol–water partition coefficient (Wildman–Crippen LogP) is 4.37. The van der Waals surface area contributed by atoms with Crippen LogP contribution in [0.4, 0.5) is 0 Å². The number of rotatable bonds is 8. The van der Waals surface area contributed by atoms with Crippen LogP contribution in [0, 0.1) is 0 Å². The van der Waals surface area contributed by atoms with Crippen molar-refractivity contribution in [2.75, 3.05) is 13.1 Å². The summed E-state index contributed by atoms with van der Waals surface area (Å²) in [6, 6.07) is 20.0. The molecule has 0 aliphatic rings. The number of benzene rings is 2. The molecule has 3 aromatic rings. The van der Waals surface area contributed by atoms with Gasteiger partial charge in [-0.15, -0.1) is 0 Å². The zero-order chi connectivity index (χ0) is 23.8. The minimum Gasteiger partial charge on any atom is -0.350 e. The molecule has 0 spiro atoms. The van der Waals surface area contributed by atoms with Crippen LogP contribution in [0.1, 0.15) is 38.8 Å². The van der Waals surface area contributed by atoms with Crippen LogP contribution < -0.4 is 5.32 Å². The van der Waals surface area contributed by atoms with Gasteiger partial charge in [0.2, 0.25) is 11.8 Å². The Morgan fingerprint density at radius 2 is 1.67 bits per heavy atom. The molecule has 172 valence electrons. The average Bonchev–Trinajstić information content (AvgIpc) is 3.18. The first kappa shape index (κ1) is 24.0. The van der Waals surface area contributed by atoms with E-state index >= 15 is 0 Å². The van der Waals surface area contributed by atoms with E-state index < -0.39 is 0 Å². The molecule has 33 heavy (non-hydrogen) atoms. The van der Waals surface area contributed by atoms with Crippen LogP contribution in [-0.4, -0.2) is 45.1 Å². The summed E-state index contributed by atoms with van der Waals surface area (Å²) >= 11 is 0. The van der Waals surface area contributed by atoms with Gasteiger partial charge >= 0.3 is 0 Å². The van der Waals surface area contributed by atoms with Gasteiger partial charge in [0.05, 0.1) is 18.8 Å². The van der Waals surface area contributed by atoms with Crippen molar-refractivity contribution in [1.82, 2.24) is 20.0 Å². The van der Waals surface area contributed by atoms with E-state index in [1.165, 1.54) is 11.0 Å². The molecule has 0 unspecified atom stereocenters. The molecule has 2 amide bonds. The molecular weight excluding hydrogens is 412 g/mol. The molecule has 3 rings (SSSR count). The first-order valence-corrected chi connectivity index (χ1v) is 11.2. The largest absolute Gasteiger partial charge is 0.350 e. The van der Waals surface area contributed by atoms with Gasteiger partial charge in [0.1, 0.15) is 0 Å². The van der Waals surface area contributed by atoms with Gasteiger partial charge in [0.15, 0.2) is 0 Å². The Kier molecular flexibility index (Phi) is 7.83. The number of nitrogens with one attached hydrogen (secondary N) is 1. The van der Waals surface area contributed by atoms with E-state index in [9.17, 15) is 9.59 Å². The molecule has 2 aromatic carbocycles. The highest BCUT2D eigenvalue weighted by Gasteiger charge is 2.18. The number of carbonyl (C=O) groups excluding carboxylic acids is 2. The van der Waals surface area contributed by atoms with Crippen LogP contribution in [0.25, 0.3) is 17.3 Å². The lowest BCUT2D eigenvalue weighted by Gasteiger charge is -2.24. The lowest BCUT2D eigenvalue weighted by molar-refractivity contribution is -0.132. The lowest BCUT2D eigenvalue weighted by Crippen LogP contribution is -2.47. The minimum absolute atomic E-state index is 0.0236. The fourth-order valence-electron chi connectivity index (χ4n) is 3.47. The summed E-state index contributed by atoms with van der Waals surface area (Å²) in [6.45, 7) is 8.72. The third-order valence-electron chi connectivity index (χ3n) is 4.97. The van der Waals surface area contributed by atoms with E-state index in [1.807, 2.05) is 87.1 Å². The molecule has 0 atom stereocenters. The third kappa shape index (κ3) is 7.17. The van der Waals surface area contributed by atoms with Crippen LogP contribution in [0.3, 0.4) is 0 Å². The topological polar surface area (TPSA) is 67.2 Å². The number of carbonyl (C=O) groups is 2. The number of hydrogen-bond acceptors (Lipinski definition) is 3. The molecule has 0 bridgehead atoms. The Labute approximate surface area is 195 Å². The van der Waals surface area contributed by atoms with Gasteiger partial charge in [-0.25, -0.2) is 0 Å². The molecule has 0 saturated carbocycles. The molecule has 1 N–H and O–H groups in total. The molecule has 0 fully saturated rings. The van der Waals surface area contributed by atoms with Crippen LogP contribution in [0.5, 0.6) is 0 Å². The summed E-state index contributed by atoms with van der Waals surface area (Å²) in [5, 5.41) is 7.68. The number of aromatic nitrogens is 2. The molecule has 1 heterocycles. The van der Waals surface area contributed by atoms with E-state index in [2.05, 4.69) is 17.4 Å². The molecule has 1 aromatic heterocycles. The second kappa shape index (κ2) is 10.8. The third-order valence-corrected chi connectivity index (χ3v) is 4.97. The van der Waals surface area contributed by atoms with Crippen molar-refractivity contribution in [3.05, 3.63) is 84.1 Å². The molecular formula is C27H32N4O2. The second-order valence-corrected chi connectivity index (χ2v) is 8.97. The Bertz CT molecular complexity index is 1100. The molecule has 0 aliphatic heterocycles. The van der Waals surface area contributed by atoms with Crippen LogP contribution in [-0.2, 0) is 16.1 Å². The molecule has 0 radical (unpaired) electrons. The maximum absolute atomic E-state index is 12.8. The zero-order valence-corrected chi connectivity index (χ0v) is 19.8. The highest BCUT2D eigenvalue weighted by Crippen LogP contribution is 2.23. The van der Waals surface area contributed by atoms with Crippen LogP contribution in [0.2, 0.25) is 0 Å². The van der Waals surface area contributed by atoms with Crippen LogP contribution >= 0.6 is 0 Å². The summed E-state index contributed by atoms with van der Waals surface area (Å²) in [5.41, 5.74) is 3.44. The Balaban J connectivity index is 1.81. The monoisotopic (exact) mass is 444 g/mol. The van der Waals surface area contributed by atoms with Gasteiger partial charge in [-0.2, -0.15) is 5.10 Å². The van der Waals surface area contributed by atoms with Crippen molar-refractivity contribution in [1.29, 1.82) is 0 Å². The summed E-state index contributed by atoms with van der Waals surface area (Å²) in [4.78, 5) is 26.6. The fourth-order valence-corrected chi connectivity index (χ4v) is 3.47. The normalized spacial score (nSPS) is 11.5. The minimum atomic E-state index is -0.340. The Morgan fingerprint density at radius 1 is 1.03 bits per heavy atom. The SMILES string of the molecule is CCN(CC(=O)NC(C)(C)C)C(=O)/C=C\c1cn(Cc2ccccc2)nc1-c1ccccc1. The number of likely N-dealkylation sites (N-methyl/N-ethyl adjacent to an activating group) is 1. The first-order chi connectivity index (χ1) is 15.7. The number of amides is 2. The highest BCUT2D eigenvalue weighted by molar-refractivity contribution is 5.95. The number of hydrogen-bond donors (Lipinski definition) is 1. The maximum atomic E-state index is 12.8. The molecule has 6 nitrogen and oxygen atoms in total. The summed E-state index contributed by atoms with van der Waals surface area (Å²) in [6.07, 6.45) is 5.25. The van der Waals surface area contributed by atoms with Crippen molar-refractivity contribution >= 4 is 17.9 Å². The smallest absolute Gasteiger partial charge is 0.247 e. The molecule has 0 aliphatic carbocycles. The molecule has 6 heteroatoms. The van der Waals surface area contributed by atoms with E-state index in [0.717, 1.165) is 22.4 Å². The van der Waals surface area contributed by atoms with E-state index in [1.54, 1.807) is 6.08 Å². The standard InChI is InChI=1S/C27H32N4O2/c1-5-30(20-24(32)28-27(2,3)4)25(33)17-16-23-19-31(18-21-12-8-6-9-13-21)29-26(23)22-14-10-7-11-15-22/h6-17,19H,5,18,20H2,1-4H3,(H,28,32)/b17-16-. The van der Waals surface area contributed by atoms with Gasteiger partial charge < -0.3 is 10.2 Å².